The highest BCUT2D eigenvalue weighted by Crippen LogP contribution is 2.19. The Bertz CT molecular complexity index is 683. The Balaban J connectivity index is 1.95. The highest BCUT2D eigenvalue weighted by atomic mass is 16.6. The average Bonchev–Trinajstić information content (AvgIpc) is 3.16. The summed E-state index contributed by atoms with van der Waals surface area (Å²) in [6.07, 6.45) is 5.86. The molecule has 1 aromatic rings. The third kappa shape index (κ3) is 4.99. The lowest BCUT2D eigenvalue weighted by Gasteiger charge is -2.25. The van der Waals surface area contributed by atoms with Gasteiger partial charge in [0.25, 0.3) is 0 Å². The maximum Gasteiger partial charge on any atom is 0.410 e. The number of carbonyl (C=O) groups excluding carboxylic acids is 3. The second-order valence-electron chi connectivity index (χ2n) is 5.88. The Morgan fingerprint density at radius 2 is 2.08 bits per heavy atom. The van der Waals surface area contributed by atoms with E-state index in [1.807, 2.05) is 30.3 Å². The molecule has 2 amide bonds. The fraction of sp³-hybridized carbons (Fsp3) is 0.421. The van der Waals surface area contributed by atoms with E-state index in [-0.39, 0.29) is 13.0 Å². The van der Waals surface area contributed by atoms with Gasteiger partial charge in [-0.25, -0.2) is 9.59 Å². The minimum Gasteiger partial charge on any atom is -0.467 e. The van der Waals surface area contributed by atoms with Gasteiger partial charge in [-0.3, -0.25) is 9.69 Å². The van der Waals surface area contributed by atoms with E-state index in [1.54, 1.807) is 0 Å². The van der Waals surface area contributed by atoms with Gasteiger partial charge in [0.2, 0.25) is 5.91 Å². The van der Waals surface area contributed by atoms with Crippen molar-refractivity contribution < 1.29 is 23.9 Å². The fourth-order valence-electron chi connectivity index (χ4n) is 2.78. The number of hydrogen-bond donors (Lipinski definition) is 1. The van der Waals surface area contributed by atoms with Crippen molar-refractivity contribution in [3.05, 3.63) is 35.9 Å². The summed E-state index contributed by atoms with van der Waals surface area (Å²) in [6, 6.07) is 7.66. The molecule has 0 saturated carbocycles. The molecule has 0 aliphatic carbocycles. The number of nitrogens with one attached hydrogen (secondary N) is 1. The fourth-order valence-corrected chi connectivity index (χ4v) is 2.78. The van der Waals surface area contributed by atoms with E-state index in [4.69, 9.17) is 11.2 Å². The van der Waals surface area contributed by atoms with Crippen LogP contribution in [0.3, 0.4) is 0 Å². The molecule has 1 aliphatic heterocycles. The van der Waals surface area contributed by atoms with Crippen LogP contribution in [0.25, 0.3) is 0 Å². The summed E-state index contributed by atoms with van der Waals surface area (Å²) in [4.78, 5) is 37.9. The van der Waals surface area contributed by atoms with Crippen molar-refractivity contribution in [3.63, 3.8) is 0 Å². The van der Waals surface area contributed by atoms with E-state index < -0.39 is 30.1 Å². The van der Waals surface area contributed by atoms with Crippen LogP contribution >= 0.6 is 0 Å². The molecule has 0 spiro atoms. The lowest BCUT2D eigenvalue weighted by molar-refractivity contribution is -0.145. The smallest absolute Gasteiger partial charge is 0.410 e. The third-order valence-corrected chi connectivity index (χ3v) is 4.12. The Labute approximate surface area is 152 Å². The first-order chi connectivity index (χ1) is 12.6. The number of rotatable bonds is 6. The van der Waals surface area contributed by atoms with Crippen LogP contribution in [0.15, 0.2) is 30.3 Å². The number of nitrogens with zero attached hydrogens (tertiary/aromatic N) is 1. The summed E-state index contributed by atoms with van der Waals surface area (Å²) in [5.74, 6) is 1.27. The number of carbonyl (C=O) groups is 3. The number of hydrogen-bond acceptors (Lipinski definition) is 5. The molecular weight excluding hydrogens is 336 g/mol. The molecule has 0 unspecified atom stereocenters. The van der Waals surface area contributed by atoms with Gasteiger partial charge in [-0.05, 0) is 18.4 Å². The number of amides is 2. The van der Waals surface area contributed by atoms with Crippen LogP contribution < -0.4 is 5.32 Å². The van der Waals surface area contributed by atoms with Crippen molar-refractivity contribution in [1.29, 1.82) is 0 Å². The van der Waals surface area contributed by atoms with Crippen LogP contribution in [0.2, 0.25) is 0 Å². The molecule has 7 heteroatoms. The number of benzene rings is 1. The third-order valence-electron chi connectivity index (χ3n) is 4.12. The molecule has 1 saturated heterocycles. The predicted octanol–water partition coefficient (Wildman–Crippen LogP) is 1.47. The van der Waals surface area contributed by atoms with Crippen molar-refractivity contribution in [2.45, 2.75) is 38.0 Å². The molecule has 1 fully saturated rings. The topological polar surface area (TPSA) is 84.9 Å². The predicted molar refractivity (Wildman–Crippen MR) is 93.8 cm³/mol. The SMILES string of the molecule is C#CC[C@H](NC(=O)[C@H]1CCCN1C(=O)OCc1ccccc1)C(=O)OC. The standard InChI is InChI=1S/C19H22N2O5/c1-3-8-15(18(23)25-2)20-17(22)16-11-7-12-21(16)19(24)26-13-14-9-5-4-6-10-14/h1,4-6,9-10,15-16H,7-8,11-13H2,2H3,(H,20,22)/t15-,16+/m0/s1. The van der Waals surface area contributed by atoms with Gasteiger partial charge in [0.1, 0.15) is 18.7 Å². The van der Waals surface area contributed by atoms with Gasteiger partial charge in [-0.2, -0.15) is 0 Å². The van der Waals surface area contributed by atoms with Crippen molar-refractivity contribution in [3.8, 4) is 12.3 Å². The largest absolute Gasteiger partial charge is 0.467 e. The number of methoxy groups -OCH3 is 1. The van der Waals surface area contributed by atoms with Crippen molar-refractivity contribution in [2.75, 3.05) is 13.7 Å². The summed E-state index contributed by atoms with van der Waals surface area (Å²) in [7, 11) is 1.22. The lowest BCUT2D eigenvalue weighted by Crippen LogP contribution is -2.51. The molecule has 1 aliphatic rings. The highest BCUT2D eigenvalue weighted by Gasteiger charge is 2.36. The maximum absolute atomic E-state index is 12.5. The lowest BCUT2D eigenvalue weighted by atomic mass is 10.1. The van der Waals surface area contributed by atoms with E-state index in [2.05, 4.69) is 16.0 Å². The summed E-state index contributed by atoms with van der Waals surface area (Å²) in [5, 5.41) is 2.56. The zero-order valence-electron chi connectivity index (χ0n) is 14.6. The second kappa shape index (κ2) is 9.47. The van der Waals surface area contributed by atoms with E-state index in [9.17, 15) is 14.4 Å². The molecule has 138 valence electrons. The highest BCUT2D eigenvalue weighted by molar-refractivity contribution is 5.90. The van der Waals surface area contributed by atoms with E-state index >= 15 is 0 Å². The average molecular weight is 358 g/mol. The Morgan fingerprint density at radius 3 is 2.73 bits per heavy atom. The first-order valence-corrected chi connectivity index (χ1v) is 8.35. The van der Waals surface area contributed by atoms with Crippen LogP contribution in [0.5, 0.6) is 0 Å². The molecule has 26 heavy (non-hydrogen) atoms. The summed E-state index contributed by atoms with van der Waals surface area (Å²) < 4.78 is 9.93. The zero-order valence-corrected chi connectivity index (χ0v) is 14.6. The van der Waals surface area contributed by atoms with Gasteiger partial charge in [0, 0.05) is 13.0 Å². The molecule has 1 heterocycles. The maximum atomic E-state index is 12.5. The van der Waals surface area contributed by atoms with Crippen LogP contribution in [0, 0.1) is 12.3 Å². The summed E-state index contributed by atoms with van der Waals surface area (Å²) >= 11 is 0. The van der Waals surface area contributed by atoms with E-state index in [0.29, 0.717) is 19.4 Å². The molecule has 7 nitrogen and oxygen atoms in total. The molecule has 2 atom stereocenters. The van der Waals surface area contributed by atoms with Gasteiger partial charge < -0.3 is 14.8 Å². The molecular formula is C19H22N2O5. The first kappa shape index (κ1) is 19.3. The van der Waals surface area contributed by atoms with Gasteiger partial charge in [-0.15, -0.1) is 12.3 Å². The van der Waals surface area contributed by atoms with Crippen LogP contribution in [0.4, 0.5) is 4.79 Å². The quantitative estimate of drug-likeness (QED) is 0.615. The van der Waals surface area contributed by atoms with Gasteiger partial charge in [0.05, 0.1) is 7.11 Å². The first-order valence-electron chi connectivity index (χ1n) is 8.35. The monoisotopic (exact) mass is 358 g/mol. The summed E-state index contributed by atoms with van der Waals surface area (Å²) in [5.41, 5.74) is 0.862. The van der Waals surface area contributed by atoms with E-state index in [1.165, 1.54) is 12.0 Å². The molecule has 0 radical (unpaired) electrons. The van der Waals surface area contributed by atoms with Crippen LogP contribution in [0.1, 0.15) is 24.8 Å². The van der Waals surface area contributed by atoms with Gasteiger partial charge >= 0.3 is 12.1 Å². The number of likely N-dealkylation sites (tertiary alicyclic amines) is 1. The Hall–Kier alpha value is -3.01. The normalized spacial score (nSPS) is 17.1. The Kier molecular flexibility index (Phi) is 7.03. The second-order valence-corrected chi connectivity index (χ2v) is 5.88. The minimum absolute atomic E-state index is 0.0174. The van der Waals surface area contributed by atoms with Gasteiger partial charge in [-0.1, -0.05) is 30.3 Å². The molecule has 2 rings (SSSR count). The van der Waals surface area contributed by atoms with Crippen LogP contribution in [-0.2, 0) is 25.7 Å². The molecule has 1 aromatic carbocycles. The van der Waals surface area contributed by atoms with Crippen LogP contribution in [-0.4, -0.2) is 48.6 Å². The molecule has 1 N–H and O–H groups in total. The number of terminal acetylenes is 1. The van der Waals surface area contributed by atoms with E-state index in [0.717, 1.165) is 5.56 Å². The minimum atomic E-state index is -0.930. The molecule has 0 aromatic heterocycles. The number of esters is 1. The van der Waals surface area contributed by atoms with Crippen molar-refractivity contribution in [1.82, 2.24) is 10.2 Å². The zero-order chi connectivity index (χ0) is 18.9. The summed E-state index contributed by atoms with van der Waals surface area (Å²) in [6.45, 7) is 0.552. The number of ether oxygens (including phenoxy) is 2. The Morgan fingerprint density at radius 1 is 1.35 bits per heavy atom. The van der Waals surface area contributed by atoms with Gasteiger partial charge in [0.15, 0.2) is 0 Å². The van der Waals surface area contributed by atoms with Crippen molar-refractivity contribution >= 4 is 18.0 Å². The molecule has 0 bridgehead atoms. The van der Waals surface area contributed by atoms with Crippen molar-refractivity contribution in [2.24, 2.45) is 0 Å².